The van der Waals surface area contributed by atoms with Crippen molar-refractivity contribution < 1.29 is 14.3 Å². The molecule has 0 saturated heterocycles. The molecule has 11 nitrogen and oxygen atoms in total. The Morgan fingerprint density at radius 3 is 2.59 bits per heavy atom. The number of esters is 1. The van der Waals surface area contributed by atoms with Gasteiger partial charge < -0.3 is 14.6 Å². The van der Waals surface area contributed by atoms with Crippen molar-refractivity contribution in [3.05, 3.63) is 31.9 Å². The van der Waals surface area contributed by atoms with Crippen LogP contribution in [0.25, 0.3) is 11.2 Å². The van der Waals surface area contributed by atoms with E-state index in [1.54, 1.807) is 18.5 Å². The maximum atomic E-state index is 12.4. The highest BCUT2D eigenvalue weighted by atomic mass is 32.2. The van der Waals surface area contributed by atoms with Crippen molar-refractivity contribution in [3.63, 3.8) is 0 Å². The molecule has 0 radical (unpaired) electrons. The Balaban J connectivity index is 1.73. The molecular formula is C16H18N6O5S2. The van der Waals surface area contributed by atoms with Gasteiger partial charge in [-0.05, 0) is 6.92 Å². The third-order valence-electron chi connectivity index (χ3n) is 4.00. The van der Waals surface area contributed by atoms with Gasteiger partial charge in [0.25, 0.3) is 5.56 Å². The summed E-state index contributed by atoms with van der Waals surface area (Å²) >= 11 is 2.22. The Hall–Kier alpha value is -2.93. The average Bonchev–Trinajstić information content (AvgIpc) is 3.28. The largest absolute Gasteiger partial charge is 0.461 e. The summed E-state index contributed by atoms with van der Waals surface area (Å²) in [5.74, 6) is -0.904. The van der Waals surface area contributed by atoms with E-state index in [1.165, 1.54) is 24.0 Å². The van der Waals surface area contributed by atoms with Gasteiger partial charge in [-0.1, -0.05) is 11.8 Å². The number of nitrogens with zero attached hydrogens (tertiary/aromatic N) is 5. The molecule has 1 amide bonds. The molecule has 0 spiro atoms. The van der Waals surface area contributed by atoms with E-state index in [4.69, 9.17) is 4.74 Å². The van der Waals surface area contributed by atoms with Gasteiger partial charge in [-0.15, -0.1) is 11.3 Å². The number of hydrogen-bond donors (Lipinski definition) is 1. The summed E-state index contributed by atoms with van der Waals surface area (Å²) in [5, 5.41) is 4.80. The van der Waals surface area contributed by atoms with Gasteiger partial charge >= 0.3 is 11.7 Å². The second-order valence-electron chi connectivity index (χ2n) is 5.93. The van der Waals surface area contributed by atoms with Crippen LogP contribution in [0.15, 0.2) is 20.1 Å². The number of thiazole rings is 1. The van der Waals surface area contributed by atoms with Crippen LogP contribution < -0.4 is 16.6 Å². The number of carbonyl (C=O) groups is 2. The van der Waals surface area contributed by atoms with Crippen molar-refractivity contribution in [2.24, 2.45) is 21.1 Å². The van der Waals surface area contributed by atoms with E-state index >= 15 is 0 Å². The molecule has 3 aromatic rings. The summed E-state index contributed by atoms with van der Waals surface area (Å²) in [4.78, 5) is 56.6. The highest BCUT2D eigenvalue weighted by molar-refractivity contribution is 7.99. The maximum absolute atomic E-state index is 12.4. The SMILES string of the molecule is CCOC(=O)c1csc(NC(=O)CSc2nc3c(c(=O)n(C)c(=O)n3C)n2C)n1. The lowest BCUT2D eigenvalue weighted by Crippen LogP contribution is -2.37. The number of nitrogens with one attached hydrogen (secondary N) is 1. The number of ether oxygens (including phenoxy) is 1. The van der Waals surface area contributed by atoms with Crippen molar-refractivity contribution in [2.75, 3.05) is 17.7 Å². The summed E-state index contributed by atoms with van der Waals surface area (Å²) in [6.07, 6.45) is 0. The van der Waals surface area contributed by atoms with Gasteiger partial charge in [-0.2, -0.15) is 0 Å². The minimum atomic E-state index is -0.550. The van der Waals surface area contributed by atoms with Crippen LogP contribution in [0.5, 0.6) is 0 Å². The fraction of sp³-hybridized carbons (Fsp3) is 0.375. The highest BCUT2D eigenvalue weighted by Crippen LogP contribution is 2.21. The van der Waals surface area contributed by atoms with E-state index in [0.717, 1.165) is 27.7 Å². The summed E-state index contributed by atoms with van der Waals surface area (Å²) in [6, 6.07) is 0. The fourth-order valence-electron chi connectivity index (χ4n) is 2.54. The second-order valence-corrected chi connectivity index (χ2v) is 7.73. The third-order valence-corrected chi connectivity index (χ3v) is 5.79. The number of carbonyl (C=O) groups excluding carboxylic acids is 2. The van der Waals surface area contributed by atoms with Crippen molar-refractivity contribution in [2.45, 2.75) is 12.1 Å². The number of hydrogen-bond acceptors (Lipinski definition) is 9. The summed E-state index contributed by atoms with van der Waals surface area (Å²) < 4.78 is 8.70. The molecule has 0 bridgehead atoms. The molecule has 0 saturated carbocycles. The first-order valence-corrected chi connectivity index (χ1v) is 10.3. The van der Waals surface area contributed by atoms with Crippen molar-refractivity contribution >= 4 is 51.3 Å². The molecule has 0 unspecified atom stereocenters. The molecule has 3 rings (SSSR count). The molecule has 0 fully saturated rings. The Labute approximate surface area is 172 Å². The molecule has 1 N–H and O–H groups in total. The molecule has 0 atom stereocenters. The minimum absolute atomic E-state index is 0.000254. The standard InChI is InChI=1S/C16H18N6O5S2/c1-5-27-13(25)8-6-28-14(17-8)18-9(23)7-29-15-19-11-10(20(15)2)12(24)22(4)16(26)21(11)3/h6H,5,7H2,1-4H3,(H,17,18,23). The zero-order valence-corrected chi connectivity index (χ0v) is 17.7. The fourth-order valence-corrected chi connectivity index (χ4v) is 4.01. The number of aryl methyl sites for hydroxylation is 2. The third kappa shape index (κ3) is 3.96. The molecule has 154 valence electrons. The number of thioether (sulfide) groups is 1. The molecule has 0 aromatic carbocycles. The zero-order chi connectivity index (χ0) is 21.3. The van der Waals surface area contributed by atoms with Crippen molar-refractivity contribution in [1.82, 2.24) is 23.7 Å². The smallest absolute Gasteiger partial charge is 0.357 e. The summed E-state index contributed by atoms with van der Waals surface area (Å²) in [7, 11) is 4.58. The normalized spacial score (nSPS) is 11.0. The number of amides is 1. The first-order valence-electron chi connectivity index (χ1n) is 8.42. The van der Waals surface area contributed by atoms with Gasteiger partial charge in [0.15, 0.2) is 27.1 Å². The number of anilines is 1. The van der Waals surface area contributed by atoms with E-state index in [2.05, 4.69) is 15.3 Å². The first-order chi connectivity index (χ1) is 13.7. The van der Waals surface area contributed by atoms with Crippen molar-refractivity contribution in [1.29, 1.82) is 0 Å². The topological polar surface area (TPSA) is 130 Å². The summed E-state index contributed by atoms with van der Waals surface area (Å²) in [6.45, 7) is 1.93. The van der Waals surface area contributed by atoms with Crippen molar-refractivity contribution in [3.8, 4) is 0 Å². The van der Waals surface area contributed by atoms with E-state index in [1.807, 2.05) is 0 Å². The monoisotopic (exact) mass is 438 g/mol. The quantitative estimate of drug-likeness (QED) is 0.431. The van der Waals surface area contributed by atoms with E-state index in [9.17, 15) is 19.2 Å². The maximum Gasteiger partial charge on any atom is 0.357 e. The lowest BCUT2D eigenvalue weighted by atomic mass is 10.5. The van der Waals surface area contributed by atoms with Gasteiger partial charge in [0, 0.05) is 26.5 Å². The molecule has 3 aromatic heterocycles. The Kier molecular flexibility index (Phi) is 5.88. The highest BCUT2D eigenvalue weighted by Gasteiger charge is 2.18. The molecular weight excluding hydrogens is 420 g/mol. The van der Waals surface area contributed by atoms with Gasteiger partial charge in [0.05, 0.1) is 12.4 Å². The zero-order valence-electron chi connectivity index (χ0n) is 16.1. The summed E-state index contributed by atoms with van der Waals surface area (Å²) in [5.41, 5.74) is -0.273. The van der Waals surface area contributed by atoms with Crippen LogP contribution in [-0.2, 0) is 30.7 Å². The Morgan fingerprint density at radius 1 is 1.17 bits per heavy atom. The molecule has 0 aliphatic carbocycles. The van der Waals surface area contributed by atoms with E-state index in [-0.39, 0.29) is 40.3 Å². The lowest BCUT2D eigenvalue weighted by molar-refractivity contribution is -0.113. The van der Waals surface area contributed by atoms with Crippen LogP contribution >= 0.6 is 23.1 Å². The Bertz CT molecular complexity index is 1220. The second kappa shape index (κ2) is 8.21. The molecule has 3 heterocycles. The molecule has 29 heavy (non-hydrogen) atoms. The Morgan fingerprint density at radius 2 is 1.90 bits per heavy atom. The van der Waals surface area contributed by atoms with Crippen LogP contribution in [0, 0.1) is 0 Å². The predicted octanol–water partition coefficient (Wildman–Crippen LogP) is 0.335. The van der Waals surface area contributed by atoms with E-state index < -0.39 is 17.2 Å². The number of aromatic nitrogens is 5. The van der Waals surface area contributed by atoms with Gasteiger partial charge in [-0.25, -0.2) is 19.6 Å². The number of fused-ring (bicyclic) bond motifs is 1. The predicted molar refractivity (Wildman–Crippen MR) is 109 cm³/mol. The van der Waals surface area contributed by atoms with Crippen LogP contribution in [-0.4, -0.2) is 47.9 Å². The van der Waals surface area contributed by atoms with Gasteiger partial charge in [0.1, 0.15) is 0 Å². The van der Waals surface area contributed by atoms with Crippen LogP contribution in [0.4, 0.5) is 5.13 Å². The van der Waals surface area contributed by atoms with E-state index in [0.29, 0.717) is 5.16 Å². The number of rotatable bonds is 6. The van der Waals surface area contributed by atoms with Gasteiger partial charge in [0.2, 0.25) is 5.91 Å². The van der Waals surface area contributed by atoms with Gasteiger partial charge in [-0.3, -0.25) is 18.7 Å². The molecule has 13 heteroatoms. The minimum Gasteiger partial charge on any atom is -0.461 e. The van der Waals surface area contributed by atoms with Crippen LogP contribution in [0.3, 0.4) is 0 Å². The number of imidazole rings is 1. The lowest BCUT2D eigenvalue weighted by Gasteiger charge is -2.03. The van der Waals surface area contributed by atoms with Crippen LogP contribution in [0.1, 0.15) is 17.4 Å². The molecule has 0 aliphatic heterocycles. The van der Waals surface area contributed by atoms with Crippen LogP contribution in [0.2, 0.25) is 0 Å². The molecule has 0 aliphatic rings. The average molecular weight is 438 g/mol. The first kappa shape index (κ1) is 20.8.